The molecule has 4 rings (SSSR count). The second-order valence-corrected chi connectivity index (χ2v) is 5.33. The molecule has 0 fully saturated rings. The number of aromatic nitrogens is 4. The maximum absolute atomic E-state index is 12.6. The van der Waals surface area contributed by atoms with Gasteiger partial charge in [-0.15, -0.1) is 0 Å². The van der Waals surface area contributed by atoms with E-state index in [4.69, 9.17) is 0 Å². The Kier molecular flexibility index (Phi) is 3.31. The molecule has 0 atom stereocenters. The zero-order valence-electron chi connectivity index (χ0n) is 12.6. The van der Waals surface area contributed by atoms with Crippen LogP contribution in [0.2, 0.25) is 0 Å². The molecular formula is C17H13N5O2. The SMILES string of the molecule is O=C(Cn1ncc2c([nH]c3ccccc32)c1=O)Nc1ccccn1. The Balaban J connectivity index is 1.67. The van der Waals surface area contributed by atoms with E-state index >= 15 is 0 Å². The van der Waals surface area contributed by atoms with Crippen LogP contribution in [0.15, 0.2) is 59.7 Å². The van der Waals surface area contributed by atoms with Gasteiger partial charge in [-0.2, -0.15) is 5.10 Å². The van der Waals surface area contributed by atoms with E-state index in [-0.39, 0.29) is 18.0 Å². The van der Waals surface area contributed by atoms with Gasteiger partial charge in [0.2, 0.25) is 5.91 Å². The molecule has 0 aliphatic carbocycles. The first-order chi connectivity index (χ1) is 11.7. The van der Waals surface area contributed by atoms with E-state index in [0.717, 1.165) is 21.0 Å². The molecule has 0 saturated heterocycles. The molecule has 2 N–H and O–H groups in total. The van der Waals surface area contributed by atoms with E-state index in [1.807, 2.05) is 24.3 Å². The minimum absolute atomic E-state index is 0.180. The number of rotatable bonds is 3. The van der Waals surface area contributed by atoms with Crippen molar-refractivity contribution in [2.24, 2.45) is 0 Å². The average molecular weight is 319 g/mol. The molecule has 0 radical (unpaired) electrons. The Bertz CT molecular complexity index is 1100. The highest BCUT2D eigenvalue weighted by Crippen LogP contribution is 2.21. The minimum Gasteiger partial charge on any atom is -0.350 e. The average Bonchev–Trinajstić information content (AvgIpc) is 2.98. The Morgan fingerprint density at radius 3 is 2.79 bits per heavy atom. The van der Waals surface area contributed by atoms with Gasteiger partial charge in [-0.3, -0.25) is 9.59 Å². The van der Waals surface area contributed by atoms with E-state index < -0.39 is 0 Å². The molecule has 0 spiro atoms. The lowest BCUT2D eigenvalue weighted by atomic mass is 10.2. The van der Waals surface area contributed by atoms with E-state index in [9.17, 15) is 9.59 Å². The third-order valence-corrected chi connectivity index (χ3v) is 3.75. The van der Waals surface area contributed by atoms with Gasteiger partial charge in [0.15, 0.2) is 0 Å². The second-order valence-electron chi connectivity index (χ2n) is 5.33. The number of amides is 1. The summed E-state index contributed by atoms with van der Waals surface area (Å²) in [5.41, 5.74) is 0.971. The standard InChI is InChI=1S/C17H13N5O2/c23-15(21-14-7-3-4-8-18-14)10-22-17(24)16-12(9-19-22)11-5-1-2-6-13(11)20-16/h1-9,20H,10H2,(H,18,21,23). The topological polar surface area (TPSA) is 92.7 Å². The second kappa shape index (κ2) is 5.62. The molecule has 4 aromatic rings. The molecule has 0 aliphatic heterocycles. The van der Waals surface area contributed by atoms with Crippen LogP contribution in [0.4, 0.5) is 5.82 Å². The van der Waals surface area contributed by atoms with E-state index in [0.29, 0.717) is 11.3 Å². The molecule has 1 aromatic carbocycles. The van der Waals surface area contributed by atoms with Crippen molar-refractivity contribution in [2.75, 3.05) is 5.32 Å². The predicted molar refractivity (Wildman–Crippen MR) is 90.7 cm³/mol. The van der Waals surface area contributed by atoms with Crippen LogP contribution in [0.3, 0.4) is 0 Å². The summed E-state index contributed by atoms with van der Waals surface area (Å²) in [7, 11) is 0. The quantitative estimate of drug-likeness (QED) is 0.603. The third-order valence-electron chi connectivity index (χ3n) is 3.75. The normalized spacial score (nSPS) is 11.0. The molecule has 24 heavy (non-hydrogen) atoms. The maximum Gasteiger partial charge on any atom is 0.291 e. The number of anilines is 1. The van der Waals surface area contributed by atoms with Gasteiger partial charge >= 0.3 is 0 Å². The van der Waals surface area contributed by atoms with E-state index in [2.05, 4.69) is 20.4 Å². The molecule has 118 valence electrons. The summed E-state index contributed by atoms with van der Waals surface area (Å²) in [6.45, 7) is -0.180. The number of aromatic amines is 1. The maximum atomic E-state index is 12.6. The Morgan fingerprint density at radius 1 is 1.12 bits per heavy atom. The van der Waals surface area contributed by atoms with Crippen LogP contribution in [-0.2, 0) is 11.3 Å². The van der Waals surface area contributed by atoms with Gasteiger partial charge in [0.1, 0.15) is 17.9 Å². The number of carbonyl (C=O) groups excluding carboxylic acids is 1. The van der Waals surface area contributed by atoms with Crippen molar-refractivity contribution in [3.05, 3.63) is 65.2 Å². The summed E-state index contributed by atoms with van der Waals surface area (Å²) in [5.74, 6) is 0.0704. The third kappa shape index (κ3) is 2.41. The lowest BCUT2D eigenvalue weighted by Gasteiger charge is -2.05. The van der Waals surface area contributed by atoms with Crippen LogP contribution >= 0.6 is 0 Å². The molecule has 7 nitrogen and oxygen atoms in total. The highest BCUT2D eigenvalue weighted by atomic mass is 16.2. The van der Waals surface area contributed by atoms with Crippen molar-refractivity contribution in [3.8, 4) is 0 Å². The van der Waals surface area contributed by atoms with Gasteiger partial charge in [0, 0.05) is 22.5 Å². The molecule has 7 heteroatoms. The number of hydrogen-bond acceptors (Lipinski definition) is 4. The molecule has 0 bridgehead atoms. The number of nitrogens with one attached hydrogen (secondary N) is 2. The molecule has 0 saturated carbocycles. The first kappa shape index (κ1) is 14.1. The Morgan fingerprint density at radius 2 is 1.96 bits per heavy atom. The highest BCUT2D eigenvalue weighted by Gasteiger charge is 2.12. The van der Waals surface area contributed by atoms with Crippen LogP contribution in [0.25, 0.3) is 21.8 Å². The van der Waals surface area contributed by atoms with Crippen molar-refractivity contribution < 1.29 is 4.79 Å². The van der Waals surface area contributed by atoms with Gasteiger partial charge < -0.3 is 10.3 Å². The van der Waals surface area contributed by atoms with Crippen LogP contribution in [0, 0.1) is 0 Å². The molecule has 0 unspecified atom stereocenters. The Hall–Kier alpha value is -3.48. The fourth-order valence-corrected chi connectivity index (χ4v) is 2.64. The monoisotopic (exact) mass is 319 g/mol. The zero-order valence-corrected chi connectivity index (χ0v) is 12.6. The summed E-state index contributed by atoms with van der Waals surface area (Å²) < 4.78 is 1.13. The van der Waals surface area contributed by atoms with Crippen molar-refractivity contribution in [1.29, 1.82) is 0 Å². The number of H-pyrrole nitrogens is 1. The van der Waals surface area contributed by atoms with Crippen molar-refractivity contribution in [2.45, 2.75) is 6.54 Å². The summed E-state index contributed by atoms with van der Waals surface area (Å²) in [5, 5.41) is 8.43. The number of benzene rings is 1. The fourth-order valence-electron chi connectivity index (χ4n) is 2.64. The lowest BCUT2D eigenvalue weighted by Crippen LogP contribution is -2.29. The largest absolute Gasteiger partial charge is 0.350 e. The van der Waals surface area contributed by atoms with Gasteiger partial charge in [0.05, 0.1) is 6.20 Å². The van der Waals surface area contributed by atoms with Crippen LogP contribution in [-0.4, -0.2) is 25.7 Å². The number of pyridine rings is 1. The first-order valence-electron chi connectivity index (χ1n) is 7.40. The van der Waals surface area contributed by atoms with Gasteiger partial charge in [-0.1, -0.05) is 24.3 Å². The summed E-state index contributed by atoms with van der Waals surface area (Å²) in [6.07, 6.45) is 3.18. The number of carbonyl (C=O) groups is 1. The molecule has 3 aromatic heterocycles. The van der Waals surface area contributed by atoms with Crippen molar-refractivity contribution in [3.63, 3.8) is 0 Å². The van der Waals surface area contributed by atoms with Crippen LogP contribution < -0.4 is 10.9 Å². The smallest absolute Gasteiger partial charge is 0.291 e. The van der Waals surface area contributed by atoms with Crippen molar-refractivity contribution in [1.82, 2.24) is 19.7 Å². The van der Waals surface area contributed by atoms with Gasteiger partial charge in [0.25, 0.3) is 5.56 Å². The molecule has 1 amide bonds. The number of nitrogens with zero attached hydrogens (tertiary/aromatic N) is 3. The van der Waals surface area contributed by atoms with Crippen LogP contribution in [0.5, 0.6) is 0 Å². The summed E-state index contributed by atoms with van der Waals surface area (Å²) >= 11 is 0. The lowest BCUT2D eigenvalue weighted by molar-refractivity contribution is -0.117. The minimum atomic E-state index is -0.362. The summed E-state index contributed by atoms with van der Waals surface area (Å²) in [4.78, 5) is 31.7. The first-order valence-corrected chi connectivity index (χ1v) is 7.40. The van der Waals surface area contributed by atoms with Gasteiger partial charge in [-0.05, 0) is 18.2 Å². The van der Waals surface area contributed by atoms with Gasteiger partial charge in [-0.25, -0.2) is 9.67 Å². The summed E-state index contributed by atoms with van der Waals surface area (Å²) in [6, 6.07) is 12.8. The predicted octanol–water partition coefficient (Wildman–Crippen LogP) is 1.91. The number of para-hydroxylation sites is 1. The molecular weight excluding hydrogens is 306 g/mol. The zero-order chi connectivity index (χ0) is 16.5. The van der Waals surface area contributed by atoms with E-state index in [1.54, 1.807) is 30.6 Å². The van der Waals surface area contributed by atoms with Crippen LogP contribution in [0.1, 0.15) is 0 Å². The number of fused-ring (bicyclic) bond motifs is 3. The fraction of sp³-hybridized carbons (Fsp3) is 0.0588. The Labute approximate surface area is 136 Å². The highest BCUT2D eigenvalue weighted by molar-refractivity contribution is 6.06. The molecule has 3 heterocycles. The molecule has 0 aliphatic rings. The van der Waals surface area contributed by atoms with Crippen molar-refractivity contribution >= 4 is 33.5 Å². The van der Waals surface area contributed by atoms with E-state index in [1.165, 1.54) is 0 Å². The number of hydrogen-bond donors (Lipinski definition) is 2.